The predicted octanol–water partition coefficient (Wildman–Crippen LogP) is 3.24. The summed E-state index contributed by atoms with van der Waals surface area (Å²) >= 11 is 3.59. The van der Waals surface area contributed by atoms with Crippen LogP contribution in [0.4, 0.5) is 0 Å². The molecule has 0 spiro atoms. The molecule has 0 amide bonds. The molecular formula is C16H28BrN3O. The number of rotatable bonds is 5. The highest BCUT2D eigenvalue weighted by Gasteiger charge is 2.40. The summed E-state index contributed by atoms with van der Waals surface area (Å²) in [6, 6.07) is 0. The van der Waals surface area contributed by atoms with E-state index in [9.17, 15) is 5.11 Å². The number of nitrogens with zero attached hydrogens (tertiary/aromatic N) is 3. The molecule has 1 N–H and O–H groups in total. The van der Waals surface area contributed by atoms with Crippen molar-refractivity contribution in [3.63, 3.8) is 0 Å². The van der Waals surface area contributed by atoms with Crippen LogP contribution in [-0.4, -0.2) is 40.4 Å². The first kappa shape index (κ1) is 17.0. The lowest BCUT2D eigenvalue weighted by molar-refractivity contribution is -0.0373. The molecule has 21 heavy (non-hydrogen) atoms. The van der Waals surface area contributed by atoms with Crippen LogP contribution in [-0.2, 0) is 12.1 Å². The van der Waals surface area contributed by atoms with Gasteiger partial charge in [-0.05, 0) is 67.5 Å². The zero-order valence-corrected chi connectivity index (χ0v) is 15.2. The Labute approximate surface area is 136 Å². The lowest BCUT2D eigenvalue weighted by Gasteiger charge is -2.39. The average molecular weight is 358 g/mol. The van der Waals surface area contributed by atoms with E-state index in [4.69, 9.17) is 0 Å². The fraction of sp³-hybridized carbons (Fsp3) is 0.812. The minimum atomic E-state index is -0.741. The van der Waals surface area contributed by atoms with Crippen LogP contribution in [0.5, 0.6) is 0 Å². The van der Waals surface area contributed by atoms with E-state index < -0.39 is 5.60 Å². The summed E-state index contributed by atoms with van der Waals surface area (Å²) in [6.07, 6.45) is 5.81. The minimum absolute atomic E-state index is 0.591. The Morgan fingerprint density at radius 1 is 1.52 bits per heavy atom. The Balaban J connectivity index is 2.24. The molecule has 2 atom stereocenters. The van der Waals surface area contributed by atoms with E-state index in [1.165, 1.54) is 6.42 Å². The molecule has 5 heteroatoms. The summed E-state index contributed by atoms with van der Waals surface area (Å²) < 4.78 is 2.92. The summed E-state index contributed by atoms with van der Waals surface area (Å²) in [6.45, 7) is 6.25. The summed E-state index contributed by atoms with van der Waals surface area (Å²) in [5, 5.41) is 15.7. The van der Waals surface area contributed by atoms with Gasteiger partial charge >= 0.3 is 0 Å². The van der Waals surface area contributed by atoms with Crippen molar-refractivity contribution in [2.75, 3.05) is 20.6 Å². The second-order valence-electron chi connectivity index (χ2n) is 7.00. The molecule has 1 fully saturated rings. The molecule has 2 rings (SSSR count). The monoisotopic (exact) mass is 357 g/mol. The maximum atomic E-state index is 11.3. The fourth-order valence-corrected chi connectivity index (χ4v) is 4.03. The third-order valence-corrected chi connectivity index (χ3v) is 5.28. The summed E-state index contributed by atoms with van der Waals surface area (Å²) in [4.78, 5) is 2.14. The van der Waals surface area contributed by atoms with Gasteiger partial charge in [-0.15, -0.1) is 0 Å². The van der Waals surface area contributed by atoms with Gasteiger partial charge < -0.3 is 10.0 Å². The molecule has 0 aromatic carbocycles. The second kappa shape index (κ2) is 6.80. The quantitative estimate of drug-likeness (QED) is 0.879. The van der Waals surface area contributed by atoms with Crippen molar-refractivity contribution in [2.45, 2.75) is 51.7 Å². The van der Waals surface area contributed by atoms with Crippen molar-refractivity contribution >= 4 is 15.9 Å². The number of hydrogen-bond donors (Lipinski definition) is 1. The zero-order valence-electron chi connectivity index (χ0n) is 13.6. The van der Waals surface area contributed by atoms with Crippen LogP contribution >= 0.6 is 15.9 Å². The minimum Gasteiger partial charge on any atom is -0.384 e. The van der Waals surface area contributed by atoms with Crippen LogP contribution in [0.3, 0.4) is 0 Å². The van der Waals surface area contributed by atoms with Crippen LogP contribution in [0.25, 0.3) is 0 Å². The summed E-state index contributed by atoms with van der Waals surface area (Å²) in [5.41, 5.74) is 0.226. The van der Waals surface area contributed by atoms with E-state index in [-0.39, 0.29) is 0 Å². The van der Waals surface area contributed by atoms with Gasteiger partial charge in [-0.25, -0.2) is 0 Å². The lowest BCUT2D eigenvalue weighted by atomic mass is 9.72. The molecule has 1 aromatic rings. The number of aromatic nitrogens is 2. The van der Waals surface area contributed by atoms with Gasteiger partial charge in [0.05, 0.1) is 22.9 Å². The van der Waals surface area contributed by atoms with E-state index in [2.05, 4.69) is 53.9 Å². The molecule has 1 aliphatic carbocycles. The molecule has 1 aliphatic rings. The van der Waals surface area contributed by atoms with E-state index in [0.717, 1.165) is 42.5 Å². The first-order chi connectivity index (χ1) is 9.83. The normalized spacial score (nSPS) is 26.8. The standard InChI is InChI=1S/C16H28BrN3O/c1-12(2)13-6-5-7-16(21,10-13)15-14(17)11-18-20(15)9-8-19(3)4/h11-13,21H,5-10H2,1-4H3. The Hall–Kier alpha value is -0.390. The van der Waals surface area contributed by atoms with Crippen LogP contribution in [0, 0.1) is 11.8 Å². The lowest BCUT2D eigenvalue weighted by Crippen LogP contribution is -2.37. The van der Waals surface area contributed by atoms with Gasteiger partial charge in [0.15, 0.2) is 0 Å². The third-order valence-electron chi connectivity index (χ3n) is 4.70. The van der Waals surface area contributed by atoms with Crippen LogP contribution in [0.15, 0.2) is 10.7 Å². The molecule has 0 bridgehead atoms. The fourth-order valence-electron chi connectivity index (χ4n) is 3.37. The van der Waals surface area contributed by atoms with Gasteiger partial charge in [0.25, 0.3) is 0 Å². The molecule has 4 nitrogen and oxygen atoms in total. The van der Waals surface area contributed by atoms with Crippen molar-refractivity contribution in [1.29, 1.82) is 0 Å². The first-order valence-corrected chi connectivity index (χ1v) is 8.71. The van der Waals surface area contributed by atoms with E-state index >= 15 is 0 Å². The topological polar surface area (TPSA) is 41.3 Å². The molecule has 0 aliphatic heterocycles. The highest BCUT2D eigenvalue weighted by molar-refractivity contribution is 9.10. The number of halogens is 1. The van der Waals surface area contributed by atoms with Gasteiger partial charge in [-0.3, -0.25) is 4.68 Å². The second-order valence-corrected chi connectivity index (χ2v) is 7.85. The number of likely N-dealkylation sites (N-methyl/N-ethyl adjacent to an activating group) is 1. The number of aliphatic hydroxyl groups is 1. The highest BCUT2D eigenvalue weighted by atomic mass is 79.9. The summed E-state index contributed by atoms with van der Waals surface area (Å²) in [5.74, 6) is 1.21. The molecule has 0 saturated heterocycles. The van der Waals surface area contributed by atoms with Crippen LogP contribution in [0.1, 0.15) is 45.2 Å². The molecule has 120 valence electrons. The molecule has 1 heterocycles. The Morgan fingerprint density at radius 2 is 2.24 bits per heavy atom. The van der Waals surface area contributed by atoms with Crippen molar-refractivity contribution in [1.82, 2.24) is 14.7 Å². The SMILES string of the molecule is CC(C)C1CCCC(O)(c2c(Br)cnn2CCN(C)C)C1. The van der Waals surface area contributed by atoms with E-state index in [1.807, 2.05) is 10.9 Å². The van der Waals surface area contributed by atoms with Crippen LogP contribution in [0.2, 0.25) is 0 Å². The molecular weight excluding hydrogens is 330 g/mol. The van der Waals surface area contributed by atoms with Crippen LogP contribution < -0.4 is 0 Å². The van der Waals surface area contributed by atoms with Crippen molar-refractivity contribution < 1.29 is 5.11 Å². The Morgan fingerprint density at radius 3 is 2.86 bits per heavy atom. The number of hydrogen-bond acceptors (Lipinski definition) is 3. The van der Waals surface area contributed by atoms with Crippen molar-refractivity contribution in [3.05, 3.63) is 16.4 Å². The van der Waals surface area contributed by atoms with Gasteiger partial charge in [-0.1, -0.05) is 13.8 Å². The highest BCUT2D eigenvalue weighted by Crippen LogP contribution is 2.44. The van der Waals surface area contributed by atoms with E-state index in [1.54, 1.807) is 0 Å². The largest absolute Gasteiger partial charge is 0.384 e. The van der Waals surface area contributed by atoms with Gasteiger partial charge in [0, 0.05) is 6.54 Å². The Kier molecular flexibility index (Phi) is 5.49. The molecule has 2 unspecified atom stereocenters. The van der Waals surface area contributed by atoms with E-state index in [0.29, 0.717) is 11.8 Å². The maximum absolute atomic E-state index is 11.3. The van der Waals surface area contributed by atoms with Gasteiger partial charge in [0.2, 0.25) is 0 Å². The smallest absolute Gasteiger partial charge is 0.108 e. The Bertz CT molecular complexity index is 472. The predicted molar refractivity (Wildman–Crippen MR) is 89.2 cm³/mol. The van der Waals surface area contributed by atoms with Gasteiger partial charge in [-0.2, -0.15) is 5.10 Å². The maximum Gasteiger partial charge on any atom is 0.108 e. The van der Waals surface area contributed by atoms with Gasteiger partial charge in [0.1, 0.15) is 5.60 Å². The average Bonchev–Trinajstić information content (AvgIpc) is 2.78. The zero-order chi connectivity index (χ0) is 15.6. The van der Waals surface area contributed by atoms with Crippen molar-refractivity contribution in [2.24, 2.45) is 11.8 Å². The molecule has 1 aromatic heterocycles. The first-order valence-electron chi connectivity index (χ1n) is 7.92. The molecule has 1 saturated carbocycles. The molecule has 0 radical (unpaired) electrons. The summed E-state index contributed by atoms with van der Waals surface area (Å²) in [7, 11) is 4.12. The third kappa shape index (κ3) is 3.88. The van der Waals surface area contributed by atoms with Crippen molar-refractivity contribution in [3.8, 4) is 0 Å².